The van der Waals surface area contributed by atoms with Crippen LogP contribution in [0.5, 0.6) is 0 Å². The molecule has 92 valence electrons. The first-order valence-electron chi connectivity index (χ1n) is 5.80. The molecule has 0 radical (unpaired) electrons. The molecule has 0 aromatic heterocycles. The molecule has 4 aromatic carbocycles. The Balaban J connectivity index is 0.00000110. The van der Waals surface area contributed by atoms with Crippen LogP contribution in [0.4, 0.5) is 0 Å². The van der Waals surface area contributed by atoms with E-state index in [1.807, 2.05) is 36.4 Å². The molecule has 0 saturated carbocycles. The standard InChI is InChI=1S/C16H8O2.H2O/c17-13-8-11-5-4-9-2-1-3-10-6-7-12(16(13)18)15(11)14(9)10;/h1-8H;1H2. The fourth-order valence-corrected chi connectivity index (χ4v) is 2.76. The van der Waals surface area contributed by atoms with Gasteiger partial charge in [0, 0.05) is 10.8 Å². The van der Waals surface area contributed by atoms with Crippen molar-refractivity contribution in [2.24, 2.45) is 0 Å². The van der Waals surface area contributed by atoms with Gasteiger partial charge in [-0.2, -0.15) is 0 Å². The molecule has 0 amide bonds. The summed E-state index contributed by atoms with van der Waals surface area (Å²) in [6.07, 6.45) is 0. The fourth-order valence-electron chi connectivity index (χ4n) is 2.76. The maximum absolute atomic E-state index is 11.9. The highest BCUT2D eigenvalue weighted by molar-refractivity contribution is 6.22. The van der Waals surface area contributed by atoms with E-state index in [0.29, 0.717) is 5.39 Å². The van der Waals surface area contributed by atoms with E-state index < -0.39 is 10.9 Å². The summed E-state index contributed by atoms with van der Waals surface area (Å²) in [6, 6.07) is 15.1. The molecule has 0 unspecified atom stereocenters. The molecule has 4 aromatic rings. The third-order valence-corrected chi connectivity index (χ3v) is 3.56. The van der Waals surface area contributed by atoms with Gasteiger partial charge < -0.3 is 5.48 Å². The molecule has 0 heterocycles. The van der Waals surface area contributed by atoms with Gasteiger partial charge in [-0.25, -0.2) is 0 Å². The molecule has 0 fully saturated rings. The maximum Gasteiger partial charge on any atom is 0.233 e. The van der Waals surface area contributed by atoms with Crippen LogP contribution in [0.2, 0.25) is 0 Å². The fraction of sp³-hybridized carbons (Fsp3) is 0. The number of hydrogen-bond acceptors (Lipinski definition) is 2. The molecule has 0 aliphatic carbocycles. The van der Waals surface area contributed by atoms with Gasteiger partial charge in [-0.05, 0) is 33.7 Å². The lowest BCUT2D eigenvalue weighted by atomic mass is 9.94. The zero-order chi connectivity index (χ0) is 12.3. The van der Waals surface area contributed by atoms with Crippen molar-refractivity contribution in [3.8, 4) is 0 Å². The molecule has 2 N–H and O–H groups in total. The van der Waals surface area contributed by atoms with Crippen molar-refractivity contribution in [1.82, 2.24) is 0 Å². The predicted molar refractivity (Wildman–Crippen MR) is 77.5 cm³/mol. The van der Waals surface area contributed by atoms with Crippen molar-refractivity contribution in [2.45, 2.75) is 0 Å². The SMILES string of the molecule is O.O=c1cc2ccc3cccc4ccc(c1=O)c2c34. The molecule has 0 atom stereocenters. The highest BCUT2D eigenvalue weighted by Crippen LogP contribution is 2.31. The average Bonchev–Trinajstić information content (AvgIpc) is 2.40. The quantitative estimate of drug-likeness (QED) is 0.353. The van der Waals surface area contributed by atoms with Gasteiger partial charge in [0.05, 0.1) is 0 Å². The molecule has 0 aliphatic heterocycles. The Morgan fingerprint density at radius 3 is 2.05 bits per heavy atom. The first-order chi connectivity index (χ1) is 8.75. The third-order valence-electron chi connectivity index (χ3n) is 3.56. The van der Waals surface area contributed by atoms with Crippen LogP contribution in [0, 0.1) is 0 Å². The zero-order valence-electron chi connectivity index (χ0n) is 9.94. The Hall–Kier alpha value is -2.52. The second kappa shape index (κ2) is 3.73. The van der Waals surface area contributed by atoms with Gasteiger partial charge in [0.25, 0.3) is 0 Å². The lowest BCUT2D eigenvalue weighted by Gasteiger charge is -2.08. The normalized spacial score (nSPS) is 11.2. The Bertz CT molecular complexity index is 989. The van der Waals surface area contributed by atoms with Crippen LogP contribution in [0.1, 0.15) is 0 Å². The van der Waals surface area contributed by atoms with Crippen LogP contribution in [0.3, 0.4) is 0 Å². The summed E-state index contributed by atoms with van der Waals surface area (Å²) in [5, 5.41) is 5.56. The van der Waals surface area contributed by atoms with Gasteiger partial charge in [-0.1, -0.05) is 36.4 Å². The van der Waals surface area contributed by atoms with E-state index in [2.05, 4.69) is 0 Å². The summed E-state index contributed by atoms with van der Waals surface area (Å²) in [6.45, 7) is 0. The van der Waals surface area contributed by atoms with E-state index in [9.17, 15) is 9.59 Å². The molecule has 4 rings (SSSR count). The topological polar surface area (TPSA) is 65.6 Å². The molecule has 3 nitrogen and oxygen atoms in total. The highest BCUT2D eigenvalue weighted by atomic mass is 16.2. The summed E-state index contributed by atoms with van der Waals surface area (Å²) in [7, 11) is 0. The van der Waals surface area contributed by atoms with E-state index in [4.69, 9.17) is 0 Å². The molecule has 0 aliphatic rings. The van der Waals surface area contributed by atoms with Crippen molar-refractivity contribution in [3.05, 3.63) is 69.0 Å². The molecule has 0 spiro atoms. The van der Waals surface area contributed by atoms with Crippen molar-refractivity contribution >= 4 is 32.3 Å². The van der Waals surface area contributed by atoms with Crippen molar-refractivity contribution in [1.29, 1.82) is 0 Å². The minimum atomic E-state index is -0.430. The third kappa shape index (κ3) is 1.36. The van der Waals surface area contributed by atoms with Crippen LogP contribution in [-0.2, 0) is 0 Å². The smallest absolute Gasteiger partial charge is 0.233 e. The summed E-state index contributed by atoms with van der Waals surface area (Å²) in [5.41, 5.74) is -0.832. The molecule has 19 heavy (non-hydrogen) atoms. The highest BCUT2D eigenvalue weighted by Gasteiger charge is 2.11. The average molecular weight is 250 g/mol. The summed E-state index contributed by atoms with van der Waals surface area (Å²) in [5.74, 6) is 0. The van der Waals surface area contributed by atoms with Crippen LogP contribution in [0.15, 0.2) is 58.1 Å². The lowest BCUT2D eigenvalue weighted by Crippen LogP contribution is -2.22. The first-order valence-corrected chi connectivity index (χ1v) is 5.80. The van der Waals surface area contributed by atoms with Gasteiger partial charge in [0.15, 0.2) is 0 Å². The van der Waals surface area contributed by atoms with E-state index in [-0.39, 0.29) is 5.48 Å². The molecule has 3 heteroatoms. The van der Waals surface area contributed by atoms with Gasteiger partial charge in [0.2, 0.25) is 10.9 Å². The largest absolute Gasteiger partial charge is 0.412 e. The second-order valence-corrected chi connectivity index (χ2v) is 4.56. The zero-order valence-corrected chi connectivity index (χ0v) is 9.94. The van der Waals surface area contributed by atoms with Gasteiger partial charge in [-0.15, -0.1) is 0 Å². The Morgan fingerprint density at radius 2 is 1.32 bits per heavy atom. The molecular formula is C16H10O3. The van der Waals surface area contributed by atoms with Crippen LogP contribution >= 0.6 is 0 Å². The Kier molecular flexibility index (Phi) is 2.27. The number of hydrogen-bond donors (Lipinski definition) is 0. The lowest BCUT2D eigenvalue weighted by molar-refractivity contribution is 0.824. The van der Waals surface area contributed by atoms with Crippen LogP contribution < -0.4 is 10.9 Å². The Labute approximate surface area is 107 Å². The summed E-state index contributed by atoms with van der Waals surface area (Å²) in [4.78, 5) is 23.5. The van der Waals surface area contributed by atoms with Crippen LogP contribution in [-0.4, -0.2) is 5.48 Å². The van der Waals surface area contributed by atoms with Crippen molar-refractivity contribution in [2.75, 3.05) is 0 Å². The monoisotopic (exact) mass is 250 g/mol. The summed E-state index contributed by atoms with van der Waals surface area (Å²) < 4.78 is 0. The van der Waals surface area contributed by atoms with E-state index in [0.717, 1.165) is 26.9 Å². The molecule has 0 saturated heterocycles. The number of benzene rings is 4. The Morgan fingerprint density at radius 1 is 0.684 bits per heavy atom. The summed E-state index contributed by atoms with van der Waals surface area (Å²) >= 11 is 0. The van der Waals surface area contributed by atoms with E-state index >= 15 is 0 Å². The van der Waals surface area contributed by atoms with E-state index in [1.54, 1.807) is 6.07 Å². The maximum atomic E-state index is 11.9. The molecular weight excluding hydrogens is 240 g/mol. The minimum Gasteiger partial charge on any atom is -0.412 e. The van der Waals surface area contributed by atoms with Gasteiger partial charge in [-0.3, -0.25) is 9.59 Å². The van der Waals surface area contributed by atoms with E-state index in [1.165, 1.54) is 6.07 Å². The predicted octanol–water partition coefficient (Wildman–Crippen LogP) is 1.92. The second-order valence-electron chi connectivity index (χ2n) is 4.56. The number of rotatable bonds is 0. The van der Waals surface area contributed by atoms with Gasteiger partial charge >= 0.3 is 0 Å². The van der Waals surface area contributed by atoms with Crippen molar-refractivity contribution < 1.29 is 5.48 Å². The molecule has 0 bridgehead atoms. The first kappa shape index (κ1) is 11.6. The van der Waals surface area contributed by atoms with Gasteiger partial charge in [0.1, 0.15) is 0 Å². The van der Waals surface area contributed by atoms with Crippen molar-refractivity contribution in [3.63, 3.8) is 0 Å². The van der Waals surface area contributed by atoms with Crippen LogP contribution in [0.25, 0.3) is 32.3 Å². The minimum absolute atomic E-state index is 0.